The van der Waals surface area contributed by atoms with Crippen LogP contribution < -0.4 is 5.32 Å². The molecule has 1 spiro atoms. The highest BCUT2D eigenvalue weighted by Crippen LogP contribution is 2.47. The molecule has 0 aromatic heterocycles. The van der Waals surface area contributed by atoms with Gasteiger partial charge in [0.15, 0.2) is 0 Å². The van der Waals surface area contributed by atoms with Crippen molar-refractivity contribution < 1.29 is 4.74 Å². The summed E-state index contributed by atoms with van der Waals surface area (Å²) in [5, 5.41) is 3.66. The summed E-state index contributed by atoms with van der Waals surface area (Å²) < 4.78 is 6.27. The third-order valence-electron chi connectivity index (χ3n) is 5.58. The predicted molar refractivity (Wildman–Crippen MR) is 94.1 cm³/mol. The lowest BCUT2D eigenvalue weighted by atomic mass is 9.67. The lowest BCUT2D eigenvalue weighted by Crippen LogP contribution is -2.47. The zero-order chi connectivity index (χ0) is 15.3. The number of hydrogen-bond acceptors (Lipinski definition) is 3. The van der Waals surface area contributed by atoms with E-state index >= 15 is 0 Å². The lowest BCUT2D eigenvalue weighted by molar-refractivity contribution is -0.121. The highest BCUT2D eigenvalue weighted by atomic mass is 32.2. The van der Waals surface area contributed by atoms with Gasteiger partial charge in [-0.1, -0.05) is 20.8 Å². The summed E-state index contributed by atoms with van der Waals surface area (Å²) in [5.41, 5.74) is 0.646. The third-order valence-corrected chi connectivity index (χ3v) is 6.56. The van der Waals surface area contributed by atoms with Gasteiger partial charge in [-0.3, -0.25) is 0 Å². The Bertz CT molecular complexity index is 307. The van der Waals surface area contributed by atoms with Gasteiger partial charge in [0.25, 0.3) is 0 Å². The molecule has 0 amide bonds. The maximum absolute atomic E-state index is 6.27. The largest absolute Gasteiger partial charge is 0.375 e. The van der Waals surface area contributed by atoms with E-state index in [4.69, 9.17) is 4.74 Å². The van der Waals surface area contributed by atoms with Crippen LogP contribution in [0.3, 0.4) is 0 Å². The molecule has 2 aliphatic heterocycles. The van der Waals surface area contributed by atoms with Gasteiger partial charge in [0, 0.05) is 12.6 Å². The van der Waals surface area contributed by atoms with Crippen molar-refractivity contribution in [2.75, 3.05) is 24.7 Å². The van der Waals surface area contributed by atoms with Crippen molar-refractivity contribution in [2.45, 2.75) is 77.9 Å². The second-order valence-electron chi connectivity index (χ2n) is 7.88. The Morgan fingerprint density at radius 3 is 2.71 bits per heavy atom. The van der Waals surface area contributed by atoms with Crippen LogP contribution in [0.25, 0.3) is 0 Å². The molecule has 2 fully saturated rings. The Morgan fingerprint density at radius 1 is 1.33 bits per heavy atom. The van der Waals surface area contributed by atoms with Crippen LogP contribution >= 0.6 is 11.8 Å². The summed E-state index contributed by atoms with van der Waals surface area (Å²) in [6.45, 7) is 11.7. The molecule has 1 N–H and O–H groups in total. The molecule has 0 aliphatic carbocycles. The van der Waals surface area contributed by atoms with Crippen molar-refractivity contribution in [3.05, 3.63) is 0 Å². The van der Waals surface area contributed by atoms with E-state index in [9.17, 15) is 0 Å². The highest BCUT2D eigenvalue weighted by Gasteiger charge is 2.43. The van der Waals surface area contributed by atoms with E-state index in [1.807, 2.05) is 0 Å². The Balaban J connectivity index is 1.92. The van der Waals surface area contributed by atoms with Gasteiger partial charge in [-0.15, -0.1) is 0 Å². The molecule has 2 unspecified atom stereocenters. The quantitative estimate of drug-likeness (QED) is 0.781. The number of thioether (sulfide) groups is 1. The number of nitrogens with one attached hydrogen (secondary N) is 1. The minimum Gasteiger partial charge on any atom is -0.375 e. The van der Waals surface area contributed by atoms with E-state index < -0.39 is 0 Å². The van der Waals surface area contributed by atoms with Crippen molar-refractivity contribution in [1.29, 1.82) is 0 Å². The fourth-order valence-electron chi connectivity index (χ4n) is 4.21. The van der Waals surface area contributed by atoms with E-state index in [1.54, 1.807) is 0 Å². The summed E-state index contributed by atoms with van der Waals surface area (Å²) >= 11 is 2.10. The minimum absolute atomic E-state index is 0.228. The van der Waals surface area contributed by atoms with Gasteiger partial charge in [-0.05, 0) is 74.8 Å². The number of rotatable bonds is 6. The molecule has 21 heavy (non-hydrogen) atoms. The first-order chi connectivity index (χ1) is 9.97. The predicted octanol–water partition coefficient (Wildman–Crippen LogP) is 4.48. The summed E-state index contributed by atoms with van der Waals surface area (Å²) in [5.74, 6) is 3.41. The van der Waals surface area contributed by atoms with Crippen LogP contribution in [0, 0.1) is 11.3 Å². The normalized spacial score (nSPS) is 27.7. The van der Waals surface area contributed by atoms with Crippen LogP contribution in [-0.2, 0) is 4.74 Å². The van der Waals surface area contributed by atoms with Crippen molar-refractivity contribution >= 4 is 11.8 Å². The second kappa shape index (κ2) is 7.70. The zero-order valence-corrected chi connectivity index (χ0v) is 15.4. The molecule has 124 valence electrons. The van der Waals surface area contributed by atoms with Crippen LogP contribution in [0.15, 0.2) is 0 Å². The number of ether oxygens (including phenoxy) is 1. The van der Waals surface area contributed by atoms with Gasteiger partial charge in [-0.25, -0.2) is 0 Å². The molecule has 0 bridgehead atoms. The molecule has 2 aliphatic rings. The molecule has 2 saturated heterocycles. The molecule has 2 heterocycles. The smallest absolute Gasteiger partial charge is 0.0701 e. The SMILES string of the molecule is CCCNC(C)CC(C)(C)C1CCOC2(CCSCC2)C1. The van der Waals surface area contributed by atoms with Gasteiger partial charge in [0.1, 0.15) is 0 Å². The van der Waals surface area contributed by atoms with E-state index in [0.717, 1.165) is 19.1 Å². The molecule has 0 radical (unpaired) electrons. The van der Waals surface area contributed by atoms with Crippen LogP contribution in [0.1, 0.15) is 66.2 Å². The first-order valence-corrected chi connectivity index (χ1v) is 10.1. The molecular formula is C18H35NOS. The van der Waals surface area contributed by atoms with E-state index in [1.165, 1.54) is 50.0 Å². The van der Waals surface area contributed by atoms with Gasteiger partial charge in [0.05, 0.1) is 5.60 Å². The average molecular weight is 314 g/mol. The highest BCUT2D eigenvalue weighted by molar-refractivity contribution is 7.99. The van der Waals surface area contributed by atoms with Gasteiger partial charge < -0.3 is 10.1 Å². The summed E-state index contributed by atoms with van der Waals surface area (Å²) in [7, 11) is 0. The van der Waals surface area contributed by atoms with Crippen LogP contribution in [0.2, 0.25) is 0 Å². The molecule has 0 aromatic carbocycles. The fourth-order valence-corrected chi connectivity index (χ4v) is 5.44. The Hall–Kier alpha value is 0.270. The topological polar surface area (TPSA) is 21.3 Å². The maximum Gasteiger partial charge on any atom is 0.0701 e. The fraction of sp³-hybridized carbons (Fsp3) is 1.00. The lowest BCUT2D eigenvalue weighted by Gasteiger charge is -2.48. The van der Waals surface area contributed by atoms with Gasteiger partial charge in [0.2, 0.25) is 0 Å². The van der Waals surface area contributed by atoms with Crippen LogP contribution in [-0.4, -0.2) is 36.3 Å². The maximum atomic E-state index is 6.27. The van der Waals surface area contributed by atoms with Crippen LogP contribution in [0.4, 0.5) is 0 Å². The van der Waals surface area contributed by atoms with Crippen LogP contribution in [0.5, 0.6) is 0 Å². The Labute approximate surface area is 136 Å². The molecule has 0 saturated carbocycles. The minimum atomic E-state index is 0.228. The monoisotopic (exact) mass is 313 g/mol. The molecule has 2 nitrogen and oxygen atoms in total. The first-order valence-electron chi connectivity index (χ1n) is 8.92. The van der Waals surface area contributed by atoms with Crippen molar-refractivity contribution in [3.63, 3.8) is 0 Å². The Kier molecular flexibility index (Phi) is 6.46. The average Bonchev–Trinajstić information content (AvgIpc) is 2.45. The van der Waals surface area contributed by atoms with Crippen molar-refractivity contribution in [2.24, 2.45) is 11.3 Å². The molecule has 3 heteroatoms. The second-order valence-corrected chi connectivity index (χ2v) is 9.11. The Morgan fingerprint density at radius 2 is 2.05 bits per heavy atom. The van der Waals surface area contributed by atoms with E-state index in [0.29, 0.717) is 11.5 Å². The summed E-state index contributed by atoms with van der Waals surface area (Å²) in [6, 6.07) is 0.626. The number of hydrogen-bond donors (Lipinski definition) is 1. The molecule has 0 aromatic rings. The third kappa shape index (κ3) is 4.87. The van der Waals surface area contributed by atoms with E-state index in [2.05, 4.69) is 44.8 Å². The molecule has 2 atom stereocenters. The van der Waals surface area contributed by atoms with Crippen molar-refractivity contribution in [3.8, 4) is 0 Å². The van der Waals surface area contributed by atoms with E-state index in [-0.39, 0.29) is 5.60 Å². The standard InChI is InChI=1S/C18H35NOS/c1-5-9-19-15(2)13-17(3,4)16-6-10-20-18(14-16)7-11-21-12-8-18/h15-16,19H,5-14H2,1-4H3. The van der Waals surface area contributed by atoms with Crippen molar-refractivity contribution in [1.82, 2.24) is 5.32 Å². The molecule has 2 rings (SSSR count). The summed E-state index contributed by atoms with van der Waals surface area (Å²) in [6.07, 6.45) is 7.59. The first kappa shape index (κ1) is 17.6. The van der Waals surface area contributed by atoms with Gasteiger partial charge >= 0.3 is 0 Å². The zero-order valence-electron chi connectivity index (χ0n) is 14.5. The molecular weight excluding hydrogens is 278 g/mol. The summed E-state index contributed by atoms with van der Waals surface area (Å²) in [4.78, 5) is 0. The van der Waals surface area contributed by atoms with Gasteiger partial charge in [-0.2, -0.15) is 11.8 Å².